The Bertz CT molecular complexity index is 1390. The number of ether oxygens (including phenoxy) is 1. The molecule has 1 unspecified atom stereocenters. The van der Waals surface area contributed by atoms with E-state index in [4.69, 9.17) is 16.3 Å². The summed E-state index contributed by atoms with van der Waals surface area (Å²) in [5.74, 6) is -0.753. The number of nitrogens with one attached hydrogen (secondary N) is 1. The highest BCUT2D eigenvalue weighted by Gasteiger charge is 2.51. The lowest BCUT2D eigenvalue weighted by molar-refractivity contribution is -0.140. The molecule has 0 aliphatic heterocycles. The minimum atomic E-state index is -0.753. The Hall–Kier alpha value is -3.61. The van der Waals surface area contributed by atoms with Gasteiger partial charge in [0.2, 0.25) is 0 Å². The van der Waals surface area contributed by atoms with Gasteiger partial charge >= 0.3 is 12.1 Å². The highest BCUT2D eigenvalue weighted by molar-refractivity contribution is 7.20. The number of thiophene rings is 1. The molecule has 1 aromatic heterocycles. The van der Waals surface area contributed by atoms with Crippen LogP contribution in [-0.4, -0.2) is 17.2 Å². The van der Waals surface area contributed by atoms with E-state index in [0.717, 1.165) is 32.7 Å². The van der Waals surface area contributed by atoms with Crippen LogP contribution in [0.2, 0.25) is 4.34 Å². The number of carbonyl (C=O) groups excluding carboxylic acids is 1. The van der Waals surface area contributed by atoms with Crippen molar-refractivity contribution in [2.24, 2.45) is 0 Å². The fourth-order valence-corrected chi connectivity index (χ4v) is 5.49. The summed E-state index contributed by atoms with van der Waals surface area (Å²) in [7, 11) is 0. The van der Waals surface area contributed by atoms with Gasteiger partial charge in [0.25, 0.3) is 0 Å². The van der Waals surface area contributed by atoms with Crippen molar-refractivity contribution in [1.29, 1.82) is 0 Å². The van der Waals surface area contributed by atoms with Gasteiger partial charge in [0.1, 0.15) is 6.10 Å². The monoisotopic (exact) mass is 517 g/mol. The van der Waals surface area contributed by atoms with Gasteiger partial charge in [-0.15, -0.1) is 11.3 Å². The molecule has 1 fully saturated rings. The molecule has 0 bridgehead atoms. The summed E-state index contributed by atoms with van der Waals surface area (Å²) in [4.78, 5) is 25.0. The van der Waals surface area contributed by atoms with E-state index in [1.165, 1.54) is 11.3 Å². The number of benzene rings is 3. The normalized spacial score (nSPS) is 14.6. The maximum absolute atomic E-state index is 12.6. The number of carbonyl (C=O) groups is 2. The average Bonchev–Trinajstić information content (AvgIpc) is 3.63. The molecule has 0 saturated heterocycles. The van der Waals surface area contributed by atoms with E-state index in [2.05, 4.69) is 5.32 Å². The quantitative estimate of drug-likeness (QED) is 0.259. The molecule has 1 atom stereocenters. The maximum atomic E-state index is 12.6. The first kappa shape index (κ1) is 24.1. The van der Waals surface area contributed by atoms with Crippen LogP contribution in [0.1, 0.15) is 37.0 Å². The Morgan fingerprint density at radius 3 is 2.11 bits per heavy atom. The van der Waals surface area contributed by atoms with Gasteiger partial charge in [-0.2, -0.15) is 0 Å². The number of aliphatic carboxylic acids is 1. The third-order valence-electron chi connectivity index (χ3n) is 6.57. The van der Waals surface area contributed by atoms with Crippen molar-refractivity contribution in [2.45, 2.75) is 31.3 Å². The highest BCUT2D eigenvalue weighted by atomic mass is 35.5. The van der Waals surface area contributed by atoms with Crippen molar-refractivity contribution in [3.8, 4) is 21.6 Å². The van der Waals surface area contributed by atoms with Gasteiger partial charge in [0.15, 0.2) is 0 Å². The first-order valence-electron chi connectivity index (χ1n) is 11.6. The molecule has 1 aliphatic rings. The van der Waals surface area contributed by atoms with Crippen molar-refractivity contribution < 1.29 is 19.4 Å². The summed E-state index contributed by atoms with van der Waals surface area (Å²) in [6, 6.07) is 27.0. The third-order valence-corrected chi connectivity index (χ3v) is 7.88. The Morgan fingerprint density at radius 1 is 0.944 bits per heavy atom. The Balaban J connectivity index is 1.30. The molecule has 2 N–H and O–H groups in total. The fourth-order valence-electron chi connectivity index (χ4n) is 4.31. The number of amides is 1. The first-order valence-corrected chi connectivity index (χ1v) is 12.8. The van der Waals surface area contributed by atoms with Crippen LogP contribution in [0, 0.1) is 0 Å². The van der Waals surface area contributed by atoms with Crippen LogP contribution in [0.5, 0.6) is 0 Å². The van der Waals surface area contributed by atoms with E-state index >= 15 is 0 Å². The molecule has 0 radical (unpaired) electrons. The van der Waals surface area contributed by atoms with Crippen LogP contribution in [0.3, 0.4) is 0 Å². The van der Waals surface area contributed by atoms with Crippen LogP contribution < -0.4 is 5.32 Å². The topological polar surface area (TPSA) is 75.6 Å². The molecular weight excluding hydrogens is 494 g/mol. The van der Waals surface area contributed by atoms with Crippen LogP contribution in [0.15, 0.2) is 84.9 Å². The third kappa shape index (κ3) is 4.87. The molecule has 7 heteroatoms. The predicted octanol–water partition coefficient (Wildman–Crippen LogP) is 8.16. The predicted molar refractivity (Wildman–Crippen MR) is 144 cm³/mol. The Labute approximate surface area is 218 Å². The lowest BCUT2D eigenvalue weighted by Gasteiger charge is -2.14. The second-order valence-electron chi connectivity index (χ2n) is 8.92. The summed E-state index contributed by atoms with van der Waals surface area (Å²) in [6.45, 7) is 1.83. The maximum Gasteiger partial charge on any atom is 0.412 e. The lowest BCUT2D eigenvalue weighted by atomic mass is 9.93. The van der Waals surface area contributed by atoms with Crippen molar-refractivity contribution in [2.75, 3.05) is 5.32 Å². The summed E-state index contributed by atoms with van der Waals surface area (Å²) in [5, 5.41) is 12.3. The minimum absolute atomic E-state index is 0.389. The van der Waals surface area contributed by atoms with Gasteiger partial charge in [-0.05, 0) is 53.6 Å². The fraction of sp³-hybridized carbons (Fsp3) is 0.172. The van der Waals surface area contributed by atoms with Gasteiger partial charge in [-0.25, -0.2) is 4.79 Å². The molecule has 1 heterocycles. The molecule has 36 heavy (non-hydrogen) atoms. The Kier molecular flexibility index (Phi) is 6.56. The number of carboxylic acids is 1. The van der Waals surface area contributed by atoms with E-state index in [0.29, 0.717) is 22.9 Å². The number of anilines is 1. The molecule has 1 aliphatic carbocycles. The summed E-state index contributed by atoms with van der Waals surface area (Å²) < 4.78 is 6.10. The van der Waals surface area contributed by atoms with Gasteiger partial charge in [-0.3, -0.25) is 10.1 Å². The number of carboxylic acid groups (broad SMARTS) is 1. The zero-order valence-corrected chi connectivity index (χ0v) is 21.1. The SMILES string of the molecule is CC(OC(=O)Nc1cc(Cl)sc1-c1ccc(-c2ccc(C3(C(=O)O)CC3)cc2)cc1)c1ccccc1. The number of hydrogen-bond donors (Lipinski definition) is 2. The second kappa shape index (κ2) is 9.80. The van der Waals surface area contributed by atoms with Gasteiger partial charge in [0, 0.05) is 0 Å². The van der Waals surface area contributed by atoms with Crippen molar-refractivity contribution in [3.05, 3.63) is 100 Å². The molecule has 4 aromatic rings. The standard InChI is InChI=1S/C29H24ClNO4S/c1-18(19-5-3-2-4-6-19)35-28(34)31-24-17-25(30)36-26(24)22-9-7-20(8-10-22)21-11-13-23(14-12-21)29(15-16-29)27(32)33/h2-14,17-18H,15-16H2,1H3,(H,31,34)(H,32,33). The van der Waals surface area contributed by atoms with Crippen LogP contribution >= 0.6 is 22.9 Å². The first-order chi connectivity index (χ1) is 17.4. The van der Waals surface area contributed by atoms with E-state index in [9.17, 15) is 14.7 Å². The molecule has 0 spiro atoms. The van der Waals surface area contributed by atoms with E-state index in [1.54, 1.807) is 6.07 Å². The van der Waals surface area contributed by atoms with Gasteiger partial charge in [-0.1, -0.05) is 90.5 Å². The number of rotatable bonds is 7. The second-order valence-corrected chi connectivity index (χ2v) is 10.6. The smallest absolute Gasteiger partial charge is 0.412 e. The summed E-state index contributed by atoms with van der Waals surface area (Å²) >= 11 is 7.67. The largest absolute Gasteiger partial charge is 0.481 e. The highest BCUT2D eigenvalue weighted by Crippen LogP contribution is 2.48. The Morgan fingerprint density at radius 2 is 1.53 bits per heavy atom. The molecule has 3 aromatic carbocycles. The lowest BCUT2D eigenvalue weighted by Crippen LogP contribution is -2.19. The van der Waals surface area contributed by atoms with E-state index in [-0.39, 0.29) is 6.10 Å². The van der Waals surface area contributed by atoms with Crippen molar-refractivity contribution in [1.82, 2.24) is 0 Å². The molecule has 182 valence electrons. The molecule has 1 saturated carbocycles. The van der Waals surface area contributed by atoms with E-state index < -0.39 is 17.5 Å². The van der Waals surface area contributed by atoms with Gasteiger partial charge in [0.05, 0.1) is 20.3 Å². The van der Waals surface area contributed by atoms with Crippen LogP contribution in [0.4, 0.5) is 10.5 Å². The van der Waals surface area contributed by atoms with Crippen molar-refractivity contribution >= 4 is 40.7 Å². The molecule has 5 rings (SSSR count). The molecule has 1 amide bonds. The van der Waals surface area contributed by atoms with Crippen LogP contribution in [0.25, 0.3) is 21.6 Å². The van der Waals surface area contributed by atoms with Crippen molar-refractivity contribution in [3.63, 3.8) is 0 Å². The minimum Gasteiger partial charge on any atom is -0.481 e. The number of hydrogen-bond acceptors (Lipinski definition) is 4. The van der Waals surface area contributed by atoms with Gasteiger partial charge < -0.3 is 9.84 Å². The number of halogens is 1. The zero-order valence-electron chi connectivity index (χ0n) is 19.5. The summed E-state index contributed by atoms with van der Waals surface area (Å²) in [5.41, 5.74) is 4.59. The molecular formula is C29H24ClNO4S. The van der Waals surface area contributed by atoms with E-state index in [1.807, 2.05) is 85.8 Å². The average molecular weight is 518 g/mol. The summed E-state index contributed by atoms with van der Waals surface area (Å²) in [6.07, 6.45) is 0.442. The zero-order chi connectivity index (χ0) is 25.3. The molecule has 5 nitrogen and oxygen atoms in total. The van der Waals surface area contributed by atoms with Crippen LogP contribution in [-0.2, 0) is 14.9 Å².